The van der Waals surface area contributed by atoms with E-state index >= 15 is 0 Å². The molecule has 0 spiro atoms. The fourth-order valence-electron chi connectivity index (χ4n) is 2.86. The van der Waals surface area contributed by atoms with Gasteiger partial charge in [0.1, 0.15) is 0 Å². The van der Waals surface area contributed by atoms with Crippen molar-refractivity contribution in [3.63, 3.8) is 0 Å². The van der Waals surface area contributed by atoms with Crippen molar-refractivity contribution in [2.75, 3.05) is 31.1 Å². The summed E-state index contributed by atoms with van der Waals surface area (Å²) in [5, 5.41) is -0.0769. The van der Waals surface area contributed by atoms with Crippen LogP contribution in [0.25, 0.3) is 0 Å². The van der Waals surface area contributed by atoms with E-state index in [0.717, 1.165) is 35.5 Å². The number of amides is 1. The summed E-state index contributed by atoms with van der Waals surface area (Å²) in [4.78, 5) is 18.2. The first kappa shape index (κ1) is 17.4. The van der Waals surface area contributed by atoms with Crippen molar-refractivity contribution in [2.45, 2.75) is 17.1 Å². The number of rotatable bonds is 4. The number of thioether (sulfide) groups is 1. The Hall–Kier alpha value is -1.46. The van der Waals surface area contributed by atoms with Crippen LogP contribution in [-0.2, 0) is 4.79 Å². The zero-order valence-corrected chi connectivity index (χ0v) is 16.1. The maximum atomic E-state index is 12.7. The van der Waals surface area contributed by atoms with Gasteiger partial charge in [-0.05, 0) is 47.1 Å². The molecule has 3 rings (SSSR count). The third-order valence-electron chi connectivity index (χ3n) is 4.20. The number of benzene rings is 2. The molecule has 0 aliphatic carbocycles. The van der Waals surface area contributed by atoms with Crippen LogP contribution in [0.4, 0.5) is 5.69 Å². The number of carbonyl (C=O) groups is 1. The van der Waals surface area contributed by atoms with Crippen LogP contribution in [0.15, 0.2) is 64.0 Å². The second kappa shape index (κ2) is 8.08. The topological polar surface area (TPSA) is 23.6 Å². The molecule has 0 aromatic heterocycles. The van der Waals surface area contributed by atoms with Crippen molar-refractivity contribution in [1.82, 2.24) is 4.90 Å². The predicted molar refractivity (Wildman–Crippen MR) is 105 cm³/mol. The maximum absolute atomic E-state index is 12.7. The van der Waals surface area contributed by atoms with Gasteiger partial charge in [-0.1, -0.05) is 30.3 Å². The van der Waals surface area contributed by atoms with Gasteiger partial charge in [0.25, 0.3) is 0 Å². The molecule has 1 fully saturated rings. The number of hydrogen-bond donors (Lipinski definition) is 0. The standard InChI is InChI=1S/C19H21BrN2OS/c1-15(24-18-10-6-5-9-17(18)20)19(23)22-13-11-21(12-14-22)16-7-3-2-4-8-16/h2-10,15H,11-14H2,1H3. The van der Waals surface area contributed by atoms with Crippen LogP contribution in [0.3, 0.4) is 0 Å². The van der Waals surface area contributed by atoms with Gasteiger partial charge in [0, 0.05) is 41.2 Å². The van der Waals surface area contributed by atoms with Crippen molar-refractivity contribution >= 4 is 39.3 Å². The summed E-state index contributed by atoms with van der Waals surface area (Å²) in [6, 6.07) is 18.5. The quantitative estimate of drug-likeness (QED) is 0.710. The normalized spacial score (nSPS) is 16.1. The second-order valence-electron chi connectivity index (χ2n) is 5.84. The molecule has 24 heavy (non-hydrogen) atoms. The number of piperazine rings is 1. The molecule has 1 heterocycles. The Morgan fingerprint density at radius 3 is 2.29 bits per heavy atom. The summed E-state index contributed by atoms with van der Waals surface area (Å²) in [6.45, 7) is 5.35. The number of hydrogen-bond acceptors (Lipinski definition) is 3. The van der Waals surface area contributed by atoms with E-state index in [2.05, 4.69) is 45.1 Å². The molecule has 0 radical (unpaired) electrons. The number of para-hydroxylation sites is 1. The fraction of sp³-hybridized carbons (Fsp3) is 0.316. The van der Waals surface area contributed by atoms with E-state index in [9.17, 15) is 4.79 Å². The molecule has 0 saturated carbocycles. The highest BCUT2D eigenvalue weighted by Crippen LogP contribution is 2.31. The van der Waals surface area contributed by atoms with Crippen LogP contribution in [0, 0.1) is 0 Å². The Bertz CT molecular complexity index is 687. The molecule has 3 nitrogen and oxygen atoms in total. The zero-order chi connectivity index (χ0) is 16.9. The van der Waals surface area contributed by atoms with Gasteiger partial charge in [-0.2, -0.15) is 0 Å². The van der Waals surface area contributed by atoms with Crippen LogP contribution < -0.4 is 4.90 Å². The van der Waals surface area contributed by atoms with Crippen LogP contribution >= 0.6 is 27.7 Å². The largest absolute Gasteiger partial charge is 0.368 e. The average molecular weight is 405 g/mol. The van der Waals surface area contributed by atoms with E-state index < -0.39 is 0 Å². The Morgan fingerprint density at radius 1 is 1.00 bits per heavy atom. The van der Waals surface area contributed by atoms with E-state index in [1.54, 1.807) is 11.8 Å². The van der Waals surface area contributed by atoms with E-state index in [0.29, 0.717) is 0 Å². The van der Waals surface area contributed by atoms with Crippen molar-refractivity contribution in [1.29, 1.82) is 0 Å². The first-order valence-electron chi connectivity index (χ1n) is 8.15. The summed E-state index contributed by atoms with van der Waals surface area (Å²) in [5.74, 6) is 0.225. The van der Waals surface area contributed by atoms with Gasteiger partial charge < -0.3 is 9.80 Å². The summed E-state index contributed by atoms with van der Waals surface area (Å²) in [5.41, 5.74) is 1.24. The molecule has 5 heteroatoms. The van der Waals surface area contributed by atoms with Gasteiger partial charge in [0.15, 0.2) is 0 Å². The summed E-state index contributed by atoms with van der Waals surface area (Å²) < 4.78 is 1.04. The molecule has 1 amide bonds. The van der Waals surface area contributed by atoms with Gasteiger partial charge >= 0.3 is 0 Å². The molecule has 1 aliphatic rings. The highest BCUT2D eigenvalue weighted by atomic mass is 79.9. The lowest BCUT2D eigenvalue weighted by Crippen LogP contribution is -2.50. The van der Waals surface area contributed by atoms with E-state index in [-0.39, 0.29) is 11.2 Å². The molecule has 1 aliphatic heterocycles. The van der Waals surface area contributed by atoms with Crippen LogP contribution in [0.2, 0.25) is 0 Å². The SMILES string of the molecule is CC(Sc1ccccc1Br)C(=O)N1CCN(c2ccccc2)CC1. The van der Waals surface area contributed by atoms with Gasteiger partial charge in [-0.25, -0.2) is 0 Å². The molecule has 1 unspecified atom stereocenters. The zero-order valence-electron chi connectivity index (χ0n) is 13.7. The first-order valence-corrected chi connectivity index (χ1v) is 9.82. The summed E-state index contributed by atoms with van der Waals surface area (Å²) in [6.07, 6.45) is 0. The van der Waals surface area contributed by atoms with Gasteiger partial charge in [-0.3, -0.25) is 4.79 Å². The lowest BCUT2D eigenvalue weighted by Gasteiger charge is -2.37. The Balaban J connectivity index is 1.56. The second-order valence-corrected chi connectivity index (χ2v) is 8.08. The minimum absolute atomic E-state index is 0.0769. The Morgan fingerprint density at radius 2 is 1.62 bits per heavy atom. The molecular weight excluding hydrogens is 384 g/mol. The molecule has 0 bridgehead atoms. The van der Waals surface area contributed by atoms with Gasteiger partial charge in [0.05, 0.1) is 5.25 Å². The van der Waals surface area contributed by atoms with Crippen LogP contribution in [-0.4, -0.2) is 42.2 Å². The first-order chi connectivity index (χ1) is 11.6. The van der Waals surface area contributed by atoms with E-state index in [4.69, 9.17) is 0 Å². The number of carbonyl (C=O) groups excluding carboxylic acids is 1. The molecule has 1 atom stereocenters. The number of halogens is 1. The average Bonchev–Trinajstić information content (AvgIpc) is 2.64. The minimum atomic E-state index is -0.0769. The Kier molecular flexibility index (Phi) is 5.85. The lowest BCUT2D eigenvalue weighted by molar-refractivity contribution is -0.130. The fourth-order valence-corrected chi connectivity index (χ4v) is 4.40. The Labute approximate surface area is 156 Å². The number of nitrogens with zero attached hydrogens (tertiary/aromatic N) is 2. The summed E-state index contributed by atoms with van der Waals surface area (Å²) in [7, 11) is 0. The van der Waals surface area contributed by atoms with Crippen LogP contribution in [0.1, 0.15) is 6.92 Å². The minimum Gasteiger partial charge on any atom is -0.368 e. The van der Waals surface area contributed by atoms with Gasteiger partial charge in [0.2, 0.25) is 5.91 Å². The number of anilines is 1. The third-order valence-corrected chi connectivity index (χ3v) is 6.32. The highest BCUT2D eigenvalue weighted by molar-refractivity contribution is 9.10. The molecule has 2 aromatic rings. The van der Waals surface area contributed by atoms with Crippen molar-refractivity contribution in [2.24, 2.45) is 0 Å². The monoisotopic (exact) mass is 404 g/mol. The molecule has 0 N–H and O–H groups in total. The van der Waals surface area contributed by atoms with Crippen LogP contribution in [0.5, 0.6) is 0 Å². The molecule has 126 valence electrons. The van der Waals surface area contributed by atoms with E-state index in [1.807, 2.05) is 42.2 Å². The third kappa shape index (κ3) is 4.14. The molecule has 2 aromatic carbocycles. The summed E-state index contributed by atoms with van der Waals surface area (Å²) >= 11 is 5.17. The van der Waals surface area contributed by atoms with E-state index in [1.165, 1.54) is 5.69 Å². The maximum Gasteiger partial charge on any atom is 0.235 e. The predicted octanol–water partition coefficient (Wildman–Crippen LogP) is 4.28. The smallest absolute Gasteiger partial charge is 0.235 e. The van der Waals surface area contributed by atoms with Crippen molar-refractivity contribution in [3.05, 3.63) is 59.1 Å². The van der Waals surface area contributed by atoms with Gasteiger partial charge in [-0.15, -0.1) is 11.8 Å². The van der Waals surface area contributed by atoms with Crippen molar-refractivity contribution in [3.8, 4) is 0 Å². The molecule has 1 saturated heterocycles. The molecular formula is C19H21BrN2OS. The van der Waals surface area contributed by atoms with Crippen molar-refractivity contribution < 1.29 is 4.79 Å². The lowest BCUT2D eigenvalue weighted by atomic mass is 10.2. The highest BCUT2D eigenvalue weighted by Gasteiger charge is 2.25.